The lowest BCUT2D eigenvalue weighted by Gasteiger charge is -2.07. The summed E-state index contributed by atoms with van der Waals surface area (Å²) in [5.74, 6) is -0.206. The summed E-state index contributed by atoms with van der Waals surface area (Å²) in [6, 6.07) is 0.793. The van der Waals surface area contributed by atoms with E-state index in [9.17, 15) is 13.2 Å². The molecule has 0 saturated heterocycles. The van der Waals surface area contributed by atoms with E-state index in [1.54, 1.807) is 0 Å². The van der Waals surface area contributed by atoms with Gasteiger partial charge in [-0.1, -0.05) is 0 Å². The lowest BCUT2D eigenvalue weighted by Crippen LogP contribution is -2.24. The Hall–Kier alpha value is -2.06. The largest absolute Gasteiger partial charge is 0.433 e. The Kier molecular flexibility index (Phi) is 4.07. The predicted octanol–water partition coefficient (Wildman–Crippen LogP) is 0.181. The maximum Gasteiger partial charge on any atom is 0.433 e. The molecular weight excluding hydrogens is 237 g/mol. The first-order chi connectivity index (χ1) is 7.89. The molecule has 17 heavy (non-hydrogen) atoms. The molecule has 0 saturated carbocycles. The van der Waals surface area contributed by atoms with E-state index in [2.05, 4.69) is 20.3 Å². The first-order valence-electron chi connectivity index (χ1n) is 4.59. The van der Waals surface area contributed by atoms with Gasteiger partial charge in [0.1, 0.15) is 5.69 Å². The molecule has 0 amide bonds. The van der Waals surface area contributed by atoms with Gasteiger partial charge in [0.2, 0.25) is 5.95 Å². The van der Waals surface area contributed by atoms with E-state index in [0.717, 1.165) is 12.3 Å². The molecule has 0 unspecified atom stereocenters. The number of nitrogens with zero attached hydrogens (tertiary/aromatic N) is 3. The van der Waals surface area contributed by atoms with Gasteiger partial charge in [-0.05, 0) is 6.07 Å². The number of aliphatic imine (C=N–C) groups is 1. The molecule has 94 valence electrons. The van der Waals surface area contributed by atoms with Crippen LogP contribution in [0.2, 0.25) is 0 Å². The number of aromatic nitrogens is 2. The first kappa shape index (κ1) is 13.0. The molecular formula is C8H11F3N6. The van der Waals surface area contributed by atoms with Crippen LogP contribution in [0, 0.1) is 0 Å². The van der Waals surface area contributed by atoms with Crippen molar-refractivity contribution in [3.63, 3.8) is 0 Å². The van der Waals surface area contributed by atoms with Crippen LogP contribution in [0.1, 0.15) is 5.69 Å². The van der Waals surface area contributed by atoms with Crippen LogP contribution in [0.3, 0.4) is 0 Å². The minimum atomic E-state index is -4.49. The van der Waals surface area contributed by atoms with Crippen LogP contribution >= 0.6 is 0 Å². The maximum absolute atomic E-state index is 12.3. The van der Waals surface area contributed by atoms with Crippen molar-refractivity contribution < 1.29 is 13.2 Å². The monoisotopic (exact) mass is 248 g/mol. The Bertz CT molecular complexity index is 398. The van der Waals surface area contributed by atoms with Gasteiger partial charge >= 0.3 is 6.18 Å². The van der Waals surface area contributed by atoms with Crippen LogP contribution < -0.4 is 16.8 Å². The summed E-state index contributed by atoms with van der Waals surface area (Å²) >= 11 is 0. The van der Waals surface area contributed by atoms with E-state index in [4.69, 9.17) is 11.5 Å². The highest BCUT2D eigenvalue weighted by Crippen LogP contribution is 2.27. The molecule has 0 aliphatic rings. The van der Waals surface area contributed by atoms with E-state index in [-0.39, 0.29) is 25.0 Å². The second-order valence-electron chi connectivity index (χ2n) is 3.00. The molecule has 0 aromatic carbocycles. The molecule has 0 atom stereocenters. The second kappa shape index (κ2) is 5.32. The number of hydrogen-bond donors (Lipinski definition) is 3. The zero-order chi connectivity index (χ0) is 12.9. The Labute approximate surface area is 95.0 Å². The van der Waals surface area contributed by atoms with E-state index in [0.29, 0.717) is 0 Å². The third kappa shape index (κ3) is 4.53. The third-order valence-electron chi connectivity index (χ3n) is 1.64. The van der Waals surface area contributed by atoms with Crippen molar-refractivity contribution in [2.45, 2.75) is 6.18 Å². The summed E-state index contributed by atoms with van der Waals surface area (Å²) in [4.78, 5) is 10.6. The van der Waals surface area contributed by atoms with Crippen molar-refractivity contribution in [1.29, 1.82) is 0 Å². The summed E-state index contributed by atoms with van der Waals surface area (Å²) in [5, 5.41) is 2.57. The Morgan fingerprint density at radius 2 is 2.12 bits per heavy atom. The number of anilines is 1. The van der Waals surface area contributed by atoms with Gasteiger partial charge in [0.05, 0.1) is 6.54 Å². The van der Waals surface area contributed by atoms with Crippen LogP contribution in [-0.4, -0.2) is 29.0 Å². The van der Waals surface area contributed by atoms with Crippen molar-refractivity contribution in [1.82, 2.24) is 9.97 Å². The molecule has 5 N–H and O–H groups in total. The molecule has 1 rings (SSSR count). The van der Waals surface area contributed by atoms with Crippen LogP contribution in [0.5, 0.6) is 0 Å². The van der Waals surface area contributed by atoms with Gasteiger partial charge in [0, 0.05) is 12.7 Å². The van der Waals surface area contributed by atoms with Gasteiger partial charge in [0.15, 0.2) is 5.96 Å². The molecule has 0 aliphatic heterocycles. The number of rotatable bonds is 4. The molecule has 1 aromatic rings. The molecule has 0 fully saturated rings. The quantitative estimate of drug-likeness (QED) is 0.401. The Balaban J connectivity index is 2.58. The molecule has 1 aromatic heterocycles. The second-order valence-corrected chi connectivity index (χ2v) is 3.00. The fourth-order valence-electron chi connectivity index (χ4n) is 0.954. The highest BCUT2D eigenvalue weighted by molar-refractivity contribution is 5.75. The van der Waals surface area contributed by atoms with Crippen LogP contribution in [0.25, 0.3) is 0 Å². The fraction of sp³-hybridized carbons (Fsp3) is 0.375. The number of alkyl halides is 3. The number of halogens is 3. The topological polar surface area (TPSA) is 102 Å². The Morgan fingerprint density at radius 3 is 2.71 bits per heavy atom. The molecule has 0 aliphatic carbocycles. The lowest BCUT2D eigenvalue weighted by molar-refractivity contribution is -0.141. The van der Waals surface area contributed by atoms with E-state index >= 15 is 0 Å². The van der Waals surface area contributed by atoms with E-state index in [1.807, 2.05) is 0 Å². The maximum atomic E-state index is 12.3. The van der Waals surface area contributed by atoms with Gasteiger partial charge < -0.3 is 16.8 Å². The molecule has 6 nitrogen and oxygen atoms in total. The van der Waals surface area contributed by atoms with Crippen molar-refractivity contribution >= 4 is 11.9 Å². The molecule has 0 spiro atoms. The minimum absolute atomic E-state index is 0.0863. The summed E-state index contributed by atoms with van der Waals surface area (Å²) in [5.41, 5.74) is 9.14. The van der Waals surface area contributed by atoms with Crippen molar-refractivity contribution in [3.05, 3.63) is 18.0 Å². The van der Waals surface area contributed by atoms with Gasteiger partial charge in [-0.3, -0.25) is 4.99 Å². The number of nitrogens with two attached hydrogens (primary N) is 2. The van der Waals surface area contributed by atoms with Gasteiger partial charge in [-0.15, -0.1) is 0 Å². The van der Waals surface area contributed by atoms with E-state index < -0.39 is 11.9 Å². The van der Waals surface area contributed by atoms with Gasteiger partial charge in [-0.2, -0.15) is 13.2 Å². The highest BCUT2D eigenvalue weighted by atomic mass is 19.4. The van der Waals surface area contributed by atoms with Crippen LogP contribution in [-0.2, 0) is 6.18 Å². The van der Waals surface area contributed by atoms with Gasteiger partial charge in [-0.25, -0.2) is 9.97 Å². The first-order valence-corrected chi connectivity index (χ1v) is 4.59. The molecule has 0 radical (unpaired) electrons. The third-order valence-corrected chi connectivity index (χ3v) is 1.64. The summed E-state index contributed by atoms with van der Waals surface area (Å²) < 4.78 is 36.9. The van der Waals surface area contributed by atoms with Crippen LogP contribution in [0.4, 0.5) is 19.1 Å². The van der Waals surface area contributed by atoms with Gasteiger partial charge in [0.25, 0.3) is 0 Å². The average molecular weight is 248 g/mol. The standard InChI is InChI=1S/C8H11F3N6/c9-8(10,11)5-1-2-15-7(17-5)16-4-3-14-6(12)13/h1-2H,3-4H2,(H4,12,13,14)(H,15,16,17). The molecule has 9 heteroatoms. The number of nitrogens with one attached hydrogen (secondary N) is 1. The smallest absolute Gasteiger partial charge is 0.370 e. The van der Waals surface area contributed by atoms with E-state index in [1.165, 1.54) is 0 Å². The normalized spacial score (nSPS) is 11.0. The zero-order valence-corrected chi connectivity index (χ0v) is 8.70. The predicted molar refractivity (Wildman–Crippen MR) is 56.2 cm³/mol. The van der Waals surface area contributed by atoms with Crippen molar-refractivity contribution in [2.24, 2.45) is 16.5 Å². The lowest BCUT2D eigenvalue weighted by atomic mass is 10.4. The molecule has 1 heterocycles. The van der Waals surface area contributed by atoms with Crippen LogP contribution in [0.15, 0.2) is 17.3 Å². The Morgan fingerprint density at radius 1 is 1.41 bits per heavy atom. The summed E-state index contributed by atoms with van der Waals surface area (Å²) in [6.45, 7) is 0.459. The highest BCUT2D eigenvalue weighted by Gasteiger charge is 2.32. The number of guanidine groups is 1. The minimum Gasteiger partial charge on any atom is -0.370 e. The SMILES string of the molecule is NC(N)=NCCNc1nccc(C(F)(F)F)n1. The zero-order valence-electron chi connectivity index (χ0n) is 8.70. The summed E-state index contributed by atoms with van der Waals surface area (Å²) in [6.07, 6.45) is -3.46. The average Bonchev–Trinajstić information content (AvgIpc) is 2.23. The van der Waals surface area contributed by atoms with Crippen molar-refractivity contribution in [3.8, 4) is 0 Å². The summed E-state index contributed by atoms with van der Waals surface area (Å²) in [7, 11) is 0. The fourth-order valence-corrected chi connectivity index (χ4v) is 0.954. The van der Waals surface area contributed by atoms with Crippen molar-refractivity contribution in [2.75, 3.05) is 18.4 Å². The number of hydrogen-bond acceptors (Lipinski definition) is 4. The molecule has 0 bridgehead atoms.